The number of carbonyl (C=O) groups excluding carboxylic acids is 2. The molecule has 0 aromatic carbocycles. The molecule has 1 aromatic rings. The molecule has 3 rings (SSSR count). The van der Waals surface area contributed by atoms with Crippen LogP contribution in [-0.4, -0.2) is 78.6 Å². The number of aromatic amines is 1. The van der Waals surface area contributed by atoms with Crippen molar-refractivity contribution in [2.24, 2.45) is 5.92 Å². The normalized spacial score (nSPS) is 19.3. The van der Waals surface area contributed by atoms with Gasteiger partial charge in [0.25, 0.3) is 5.91 Å². The van der Waals surface area contributed by atoms with E-state index in [4.69, 9.17) is 0 Å². The van der Waals surface area contributed by atoms with Crippen molar-refractivity contribution in [3.05, 3.63) is 18.0 Å². The Kier molecular flexibility index (Phi) is 5.38. The van der Waals surface area contributed by atoms with Gasteiger partial charge < -0.3 is 14.8 Å². The number of sulfonamides is 1. The summed E-state index contributed by atoms with van der Waals surface area (Å²) in [6, 6.07) is 1.42. The summed E-state index contributed by atoms with van der Waals surface area (Å²) in [4.78, 5) is 31.1. The molecule has 8 nitrogen and oxygen atoms in total. The van der Waals surface area contributed by atoms with Gasteiger partial charge in [0.1, 0.15) is 10.6 Å². The Hall–Kier alpha value is -1.87. The number of nitrogens with one attached hydrogen (secondary N) is 1. The predicted octanol–water partition coefficient (Wildman–Crippen LogP) is 0.740. The largest absolute Gasteiger partial charge is 0.356 e. The van der Waals surface area contributed by atoms with Crippen LogP contribution in [0.15, 0.2) is 17.2 Å². The van der Waals surface area contributed by atoms with E-state index < -0.39 is 10.0 Å². The summed E-state index contributed by atoms with van der Waals surface area (Å²) in [5.41, 5.74) is 0.270. The number of nitrogens with zero attached hydrogens (tertiary/aromatic N) is 3. The van der Waals surface area contributed by atoms with Crippen LogP contribution in [0.3, 0.4) is 0 Å². The van der Waals surface area contributed by atoms with E-state index in [9.17, 15) is 18.0 Å². The zero-order chi connectivity index (χ0) is 18.9. The first-order valence-corrected chi connectivity index (χ1v) is 10.5. The van der Waals surface area contributed by atoms with Gasteiger partial charge in [0.15, 0.2) is 0 Å². The third-order valence-corrected chi connectivity index (χ3v) is 6.84. The maximum atomic E-state index is 12.7. The molecule has 9 heteroatoms. The summed E-state index contributed by atoms with van der Waals surface area (Å²) >= 11 is 0. The number of aromatic nitrogens is 1. The smallest absolute Gasteiger partial charge is 0.270 e. The quantitative estimate of drug-likeness (QED) is 0.831. The molecule has 3 heterocycles. The van der Waals surface area contributed by atoms with Gasteiger partial charge in [-0.25, -0.2) is 8.42 Å². The third kappa shape index (κ3) is 3.64. The summed E-state index contributed by atoms with van der Waals surface area (Å²) in [5, 5.41) is 0. The molecule has 0 aliphatic carbocycles. The molecule has 2 fully saturated rings. The average Bonchev–Trinajstić information content (AvgIpc) is 3.32. The first-order chi connectivity index (χ1) is 12.3. The van der Waals surface area contributed by atoms with Gasteiger partial charge in [0.2, 0.25) is 15.9 Å². The minimum Gasteiger partial charge on any atom is -0.356 e. The van der Waals surface area contributed by atoms with E-state index in [1.54, 1.807) is 9.80 Å². The van der Waals surface area contributed by atoms with Crippen LogP contribution >= 0.6 is 0 Å². The zero-order valence-electron chi connectivity index (χ0n) is 15.3. The van der Waals surface area contributed by atoms with E-state index in [1.165, 1.54) is 16.6 Å². The second-order valence-electron chi connectivity index (χ2n) is 7.13. The van der Waals surface area contributed by atoms with E-state index in [2.05, 4.69) is 4.98 Å². The molecule has 2 amide bonds. The fourth-order valence-corrected chi connectivity index (χ4v) is 4.90. The monoisotopic (exact) mass is 382 g/mol. The van der Waals surface area contributed by atoms with Gasteiger partial charge in [-0.2, -0.15) is 4.31 Å². The Morgan fingerprint density at radius 1 is 1.00 bits per heavy atom. The van der Waals surface area contributed by atoms with Gasteiger partial charge in [-0.05, 0) is 18.9 Å². The Balaban J connectivity index is 1.65. The minimum absolute atomic E-state index is 0.0565. The van der Waals surface area contributed by atoms with Crippen molar-refractivity contribution in [3.63, 3.8) is 0 Å². The summed E-state index contributed by atoms with van der Waals surface area (Å²) in [6.07, 6.45) is 3.13. The molecule has 1 N–H and O–H groups in total. The molecule has 2 aliphatic rings. The Morgan fingerprint density at radius 3 is 2.15 bits per heavy atom. The van der Waals surface area contributed by atoms with Crippen LogP contribution < -0.4 is 0 Å². The van der Waals surface area contributed by atoms with E-state index in [0.717, 1.165) is 12.8 Å². The van der Waals surface area contributed by atoms with Crippen LogP contribution in [0.2, 0.25) is 0 Å². The Morgan fingerprint density at radius 2 is 1.58 bits per heavy atom. The molecule has 144 valence electrons. The van der Waals surface area contributed by atoms with Crippen molar-refractivity contribution in [3.8, 4) is 0 Å². The number of H-pyrrole nitrogens is 1. The standard InChI is InChI=1S/C17H26N4O4S/c1-13(2)16(22)19-7-9-20(10-8-19)17(23)15-11-14(12-18-15)26(24,25)21-5-3-4-6-21/h11-13,18H,3-10H2,1-2H3. The molecule has 2 aliphatic heterocycles. The number of amides is 2. The van der Waals surface area contributed by atoms with E-state index in [1.807, 2.05) is 13.8 Å². The number of carbonyl (C=O) groups is 2. The maximum Gasteiger partial charge on any atom is 0.270 e. The minimum atomic E-state index is -3.53. The summed E-state index contributed by atoms with van der Waals surface area (Å²) in [7, 11) is -3.53. The molecule has 26 heavy (non-hydrogen) atoms. The fourth-order valence-electron chi connectivity index (χ4n) is 3.39. The first kappa shape index (κ1) is 18.9. The van der Waals surface area contributed by atoms with Crippen LogP contribution in [0.4, 0.5) is 0 Å². The number of rotatable bonds is 4. The van der Waals surface area contributed by atoms with Crippen LogP contribution in [0.5, 0.6) is 0 Å². The SMILES string of the molecule is CC(C)C(=O)N1CCN(C(=O)c2cc(S(=O)(=O)N3CCCC3)c[nH]2)CC1. The van der Waals surface area contributed by atoms with Crippen LogP contribution in [0.25, 0.3) is 0 Å². The lowest BCUT2D eigenvalue weighted by Crippen LogP contribution is -2.51. The average molecular weight is 382 g/mol. The fraction of sp³-hybridized carbons (Fsp3) is 0.647. The van der Waals surface area contributed by atoms with E-state index in [0.29, 0.717) is 39.3 Å². The molecule has 1 aromatic heterocycles. The molecule has 0 radical (unpaired) electrons. The number of piperazine rings is 1. The number of hydrogen-bond donors (Lipinski definition) is 1. The van der Waals surface area contributed by atoms with Gasteiger partial charge in [-0.15, -0.1) is 0 Å². The predicted molar refractivity (Wildman–Crippen MR) is 96.1 cm³/mol. The van der Waals surface area contributed by atoms with Crippen molar-refractivity contribution in [2.45, 2.75) is 31.6 Å². The van der Waals surface area contributed by atoms with Crippen molar-refractivity contribution >= 4 is 21.8 Å². The van der Waals surface area contributed by atoms with Crippen LogP contribution in [0.1, 0.15) is 37.2 Å². The molecular formula is C17H26N4O4S. The lowest BCUT2D eigenvalue weighted by molar-refractivity contribution is -0.135. The van der Waals surface area contributed by atoms with Crippen molar-refractivity contribution < 1.29 is 18.0 Å². The Bertz CT molecular complexity index is 772. The van der Waals surface area contributed by atoms with Gasteiger partial charge in [0, 0.05) is 51.4 Å². The third-order valence-electron chi connectivity index (χ3n) is 4.96. The molecule has 0 saturated carbocycles. The maximum absolute atomic E-state index is 12.7. The lowest BCUT2D eigenvalue weighted by atomic mass is 10.1. The highest BCUT2D eigenvalue weighted by Crippen LogP contribution is 2.22. The highest BCUT2D eigenvalue weighted by molar-refractivity contribution is 7.89. The molecule has 0 unspecified atom stereocenters. The number of hydrogen-bond acceptors (Lipinski definition) is 4. The molecular weight excluding hydrogens is 356 g/mol. The molecule has 2 saturated heterocycles. The van der Waals surface area contributed by atoms with Crippen molar-refractivity contribution in [1.82, 2.24) is 19.1 Å². The first-order valence-electron chi connectivity index (χ1n) is 9.07. The summed E-state index contributed by atoms with van der Waals surface area (Å²) in [6.45, 7) is 6.69. The molecule has 0 atom stereocenters. The molecule has 0 spiro atoms. The van der Waals surface area contributed by atoms with Crippen molar-refractivity contribution in [2.75, 3.05) is 39.3 Å². The van der Waals surface area contributed by atoms with Crippen LogP contribution in [-0.2, 0) is 14.8 Å². The van der Waals surface area contributed by atoms with Gasteiger partial charge >= 0.3 is 0 Å². The topological polar surface area (TPSA) is 93.8 Å². The van der Waals surface area contributed by atoms with E-state index >= 15 is 0 Å². The van der Waals surface area contributed by atoms with Crippen LogP contribution in [0, 0.1) is 5.92 Å². The second kappa shape index (κ2) is 7.40. The Labute approximate surface area is 154 Å². The summed E-state index contributed by atoms with van der Waals surface area (Å²) < 4.78 is 26.6. The van der Waals surface area contributed by atoms with Crippen molar-refractivity contribution in [1.29, 1.82) is 0 Å². The van der Waals surface area contributed by atoms with Gasteiger partial charge in [-0.1, -0.05) is 13.8 Å². The lowest BCUT2D eigenvalue weighted by Gasteiger charge is -2.35. The highest BCUT2D eigenvalue weighted by Gasteiger charge is 2.30. The summed E-state index contributed by atoms with van der Waals surface area (Å²) in [5.74, 6) is -0.195. The second-order valence-corrected chi connectivity index (χ2v) is 9.07. The van der Waals surface area contributed by atoms with Gasteiger partial charge in [0.05, 0.1) is 0 Å². The van der Waals surface area contributed by atoms with E-state index in [-0.39, 0.29) is 28.3 Å². The zero-order valence-corrected chi connectivity index (χ0v) is 16.1. The van der Waals surface area contributed by atoms with Gasteiger partial charge in [-0.3, -0.25) is 9.59 Å². The molecule has 0 bridgehead atoms. The highest BCUT2D eigenvalue weighted by atomic mass is 32.2.